The predicted molar refractivity (Wildman–Crippen MR) is 95.9 cm³/mol. The molecule has 1 atom stereocenters. The number of nitrogens with two attached hydrogens (primary N) is 1. The van der Waals surface area contributed by atoms with E-state index in [0.29, 0.717) is 24.2 Å². The maximum atomic E-state index is 12.3. The van der Waals surface area contributed by atoms with Crippen LogP contribution < -0.4 is 16.4 Å². The van der Waals surface area contributed by atoms with Gasteiger partial charge in [-0.1, -0.05) is 36.4 Å². The maximum Gasteiger partial charge on any atom is 0.251 e. The largest absolute Gasteiger partial charge is 0.352 e. The highest BCUT2D eigenvalue weighted by atomic mass is 16.2. The smallest absolute Gasteiger partial charge is 0.251 e. The first kappa shape index (κ1) is 17.7. The third-order valence-electron chi connectivity index (χ3n) is 3.73. The normalized spacial score (nSPS) is 11.6. The zero-order valence-electron chi connectivity index (χ0n) is 14.0. The molecule has 0 spiro atoms. The molecule has 2 aromatic rings. The lowest BCUT2D eigenvalue weighted by atomic mass is 10.1. The Labute approximate surface area is 142 Å². The summed E-state index contributed by atoms with van der Waals surface area (Å²) in [7, 11) is 0. The van der Waals surface area contributed by atoms with E-state index in [2.05, 4.69) is 10.6 Å². The zero-order chi connectivity index (χ0) is 17.5. The van der Waals surface area contributed by atoms with Crippen LogP contribution in [0.25, 0.3) is 0 Å². The Hall–Kier alpha value is -2.66. The van der Waals surface area contributed by atoms with Gasteiger partial charge in [-0.25, -0.2) is 0 Å². The minimum atomic E-state index is -0.653. The van der Waals surface area contributed by atoms with E-state index in [0.717, 1.165) is 11.1 Å². The Morgan fingerprint density at radius 1 is 1.12 bits per heavy atom. The molecule has 5 heteroatoms. The summed E-state index contributed by atoms with van der Waals surface area (Å²) in [6, 6.07) is 14.2. The highest BCUT2D eigenvalue weighted by Crippen LogP contribution is 2.17. The van der Waals surface area contributed by atoms with Crippen LogP contribution in [0.5, 0.6) is 0 Å². The van der Waals surface area contributed by atoms with Crippen LogP contribution in [0.15, 0.2) is 48.5 Å². The quantitative estimate of drug-likeness (QED) is 0.761. The summed E-state index contributed by atoms with van der Waals surface area (Å²) >= 11 is 0. The van der Waals surface area contributed by atoms with Gasteiger partial charge in [0.25, 0.3) is 5.91 Å². The second kappa shape index (κ2) is 8.26. The molecule has 0 saturated heterocycles. The monoisotopic (exact) mass is 325 g/mol. The lowest BCUT2D eigenvalue weighted by Crippen LogP contribution is -2.37. The fourth-order valence-electron chi connectivity index (χ4n) is 2.35. The molecule has 2 aromatic carbocycles. The van der Waals surface area contributed by atoms with E-state index in [1.54, 1.807) is 12.1 Å². The van der Waals surface area contributed by atoms with Gasteiger partial charge in [-0.05, 0) is 43.5 Å². The molecule has 0 bridgehead atoms. The van der Waals surface area contributed by atoms with Crippen molar-refractivity contribution in [1.29, 1.82) is 0 Å². The summed E-state index contributed by atoms with van der Waals surface area (Å²) in [5, 5.41) is 5.56. The number of carbonyl (C=O) groups is 2. The van der Waals surface area contributed by atoms with Crippen molar-refractivity contribution in [2.45, 2.75) is 26.3 Å². The van der Waals surface area contributed by atoms with Gasteiger partial charge in [0.2, 0.25) is 5.91 Å². The molecule has 2 amide bonds. The fourth-order valence-corrected chi connectivity index (χ4v) is 2.35. The molecule has 0 aromatic heterocycles. The van der Waals surface area contributed by atoms with Gasteiger partial charge >= 0.3 is 0 Å². The average Bonchev–Trinajstić information content (AvgIpc) is 2.57. The van der Waals surface area contributed by atoms with Crippen LogP contribution in [0, 0.1) is 6.92 Å². The zero-order valence-corrected chi connectivity index (χ0v) is 14.0. The van der Waals surface area contributed by atoms with Crippen molar-refractivity contribution in [2.24, 2.45) is 5.73 Å². The van der Waals surface area contributed by atoms with E-state index in [1.165, 1.54) is 0 Å². The maximum absolute atomic E-state index is 12.3. The Kier molecular flexibility index (Phi) is 6.09. The molecule has 5 nitrogen and oxygen atoms in total. The van der Waals surface area contributed by atoms with Gasteiger partial charge in [0.15, 0.2) is 0 Å². The van der Waals surface area contributed by atoms with Crippen LogP contribution in [0.1, 0.15) is 28.4 Å². The number of hydrogen-bond donors (Lipinski definition) is 3. The van der Waals surface area contributed by atoms with Gasteiger partial charge in [0, 0.05) is 17.8 Å². The number of carbonyl (C=O) groups excluding carboxylic acids is 2. The van der Waals surface area contributed by atoms with Gasteiger partial charge in [-0.2, -0.15) is 0 Å². The van der Waals surface area contributed by atoms with E-state index in [1.807, 2.05) is 50.2 Å². The molecule has 0 radical (unpaired) electrons. The van der Waals surface area contributed by atoms with Crippen molar-refractivity contribution in [3.05, 3.63) is 65.2 Å². The van der Waals surface area contributed by atoms with Crippen molar-refractivity contribution in [3.8, 4) is 0 Å². The standard InChI is InChI=1S/C19H23N3O2/c1-3-21-18(23)15-10-9-13(2)17(12-15)22-19(24)16(20)11-14-7-5-4-6-8-14/h4-10,12,16H,3,11,20H2,1-2H3,(H,21,23)(H,22,24). The van der Waals surface area contributed by atoms with Crippen molar-refractivity contribution < 1.29 is 9.59 Å². The first-order valence-corrected chi connectivity index (χ1v) is 8.00. The SMILES string of the molecule is CCNC(=O)c1ccc(C)c(NC(=O)C(N)Cc2ccccc2)c1. The summed E-state index contributed by atoms with van der Waals surface area (Å²) in [5.74, 6) is -0.434. The molecule has 24 heavy (non-hydrogen) atoms. The Bertz CT molecular complexity index is 714. The Morgan fingerprint density at radius 2 is 1.83 bits per heavy atom. The Balaban J connectivity index is 2.07. The lowest BCUT2D eigenvalue weighted by molar-refractivity contribution is -0.117. The van der Waals surface area contributed by atoms with Gasteiger partial charge in [-0.3, -0.25) is 9.59 Å². The second-order valence-electron chi connectivity index (χ2n) is 5.67. The number of nitrogens with one attached hydrogen (secondary N) is 2. The molecule has 1 unspecified atom stereocenters. The van der Waals surface area contributed by atoms with Gasteiger partial charge in [-0.15, -0.1) is 0 Å². The number of benzene rings is 2. The molecule has 0 aliphatic rings. The topological polar surface area (TPSA) is 84.2 Å². The van der Waals surface area contributed by atoms with Crippen molar-refractivity contribution in [1.82, 2.24) is 5.32 Å². The summed E-state index contributed by atoms with van der Waals surface area (Å²) in [6.45, 7) is 4.29. The third kappa shape index (κ3) is 4.67. The van der Waals surface area contributed by atoms with E-state index < -0.39 is 6.04 Å². The molecular formula is C19H23N3O2. The Morgan fingerprint density at radius 3 is 2.50 bits per heavy atom. The molecule has 0 aliphatic carbocycles. The van der Waals surface area contributed by atoms with E-state index in [-0.39, 0.29) is 11.8 Å². The van der Waals surface area contributed by atoms with E-state index in [4.69, 9.17) is 5.73 Å². The van der Waals surface area contributed by atoms with Crippen molar-refractivity contribution >= 4 is 17.5 Å². The fraction of sp³-hybridized carbons (Fsp3) is 0.263. The summed E-state index contributed by atoms with van der Waals surface area (Å²) in [4.78, 5) is 24.3. The number of amides is 2. The number of aryl methyl sites for hydroxylation is 1. The van der Waals surface area contributed by atoms with Gasteiger partial charge < -0.3 is 16.4 Å². The van der Waals surface area contributed by atoms with Crippen LogP contribution in [-0.2, 0) is 11.2 Å². The lowest BCUT2D eigenvalue weighted by Gasteiger charge is -2.15. The summed E-state index contributed by atoms with van der Waals surface area (Å²) in [6.07, 6.45) is 0.460. The molecule has 2 rings (SSSR count). The minimum Gasteiger partial charge on any atom is -0.352 e. The van der Waals surface area contributed by atoms with E-state index in [9.17, 15) is 9.59 Å². The third-order valence-corrected chi connectivity index (χ3v) is 3.73. The molecule has 0 fully saturated rings. The predicted octanol–water partition coefficient (Wildman–Crippen LogP) is 2.25. The van der Waals surface area contributed by atoms with Gasteiger partial charge in [0.05, 0.1) is 6.04 Å². The average molecular weight is 325 g/mol. The molecule has 4 N–H and O–H groups in total. The minimum absolute atomic E-state index is 0.165. The van der Waals surface area contributed by atoms with Gasteiger partial charge in [0.1, 0.15) is 0 Å². The van der Waals surface area contributed by atoms with Crippen LogP contribution in [0.3, 0.4) is 0 Å². The highest BCUT2D eigenvalue weighted by Gasteiger charge is 2.16. The molecule has 0 heterocycles. The molecule has 126 valence electrons. The van der Waals surface area contributed by atoms with Crippen LogP contribution in [-0.4, -0.2) is 24.4 Å². The van der Waals surface area contributed by atoms with Crippen LogP contribution in [0.2, 0.25) is 0 Å². The van der Waals surface area contributed by atoms with Crippen molar-refractivity contribution in [3.63, 3.8) is 0 Å². The summed E-state index contributed by atoms with van der Waals surface area (Å²) < 4.78 is 0. The molecule has 0 saturated carbocycles. The van der Waals surface area contributed by atoms with E-state index >= 15 is 0 Å². The highest BCUT2D eigenvalue weighted by molar-refractivity contribution is 5.99. The van der Waals surface area contributed by atoms with Crippen LogP contribution in [0.4, 0.5) is 5.69 Å². The summed E-state index contributed by atoms with van der Waals surface area (Å²) in [5.41, 5.74) is 9.00. The number of hydrogen-bond acceptors (Lipinski definition) is 3. The first-order chi connectivity index (χ1) is 11.5. The number of anilines is 1. The first-order valence-electron chi connectivity index (χ1n) is 8.00. The number of rotatable bonds is 6. The molecular weight excluding hydrogens is 302 g/mol. The van der Waals surface area contributed by atoms with Crippen LogP contribution >= 0.6 is 0 Å². The molecule has 0 aliphatic heterocycles. The second-order valence-corrected chi connectivity index (χ2v) is 5.67. The van der Waals surface area contributed by atoms with Crippen molar-refractivity contribution in [2.75, 3.05) is 11.9 Å².